The predicted molar refractivity (Wildman–Crippen MR) is 69.2 cm³/mol. The molecule has 0 aliphatic carbocycles. The molecule has 0 fully saturated rings. The number of benzene rings is 1. The Morgan fingerprint density at radius 3 is 3.00 bits per heavy atom. The van der Waals surface area contributed by atoms with Gasteiger partial charge < -0.3 is 10.6 Å². The van der Waals surface area contributed by atoms with E-state index in [1.807, 2.05) is 32.0 Å². The zero-order valence-electron chi connectivity index (χ0n) is 10.1. The van der Waals surface area contributed by atoms with Gasteiger partial charge >= 0.3 is 0 Å². The quantitative estimate of drug-likeness (QED) is 0.846. The van der Waals surface area contributed by atoms with Crippen molar-refractivity contribution in [2.45, 2.75) is 32.4 Å². The Morgan fingerprint density at radius 1 is 1.53 bits per heavy atom. The highest BCUT2D eigenvalue weighted by Gasteiger charge is 2.26. The van der Waals surface area contributed by atoms with Gasteiger partial charge in [-0.15, -0.1) is 0 Å². The molecule has 0 aromatic heterocycles. The van der Waals surface area contributed by atoms with Crippen LogP contribution < -0.4 is 10.6 Å². The lowest BCUT2D eigenvalue weighted by atomic mass is 9.90. The summed E-state index contributed by atoms with van der Waals surface area (Å²) in [5, 5.41) is 6.93. The first-order valence-corrected chi connectivity index (χ1v) is 6.25. The molecule has 0 bridgehead atoms. The highest BCUT2D eigenvalue weighted by atomic mass is 35.5. The van der Waals surface area contributed by atoms with Crippen LogP contribution in [0.2, 0.25) is 5.02 Å². The first-order chi connectivity index (χ1) is 8.08. The van der Waals surface area contributed by atoms with E-state index < -0.39 is 0 Å². The lowest BCUT2D eigenvalue weighted by molar-refractivity contribution is -0.123. The number of hydrogen-bond donors (Lipinski definition) is 2. The monoisotopic (exact) mass is 252 g/mol. The van der Waals surface area contributed by atoms with E-state index in [9.17, 15) is 4.79 Å². The highest BCUT2D eigenvalue weighted by Crippen LogP contribution is 2.26. The molecule has 4 heteroatoms. The molecular formula is C13H17ClN2O. The maximum Gasteiger partial charge on any atom is 0.229 e. The van der Waals surface area contributed by atoms with Gasteiger partial charge in [0.25, 0.3) is 0 Å². The van der Waals surface area contributed by atoms with E-state index in [2.05, 4.69) is 10.6 Å². The largest absolute Gasteiger partial charge is 0.353 e. The van der Waals surface area contributed by atoms with E-state index in [4.69, 9.17) is 11.6 Å². The van der Waals surface area contributed by atoms with Crippen LogP contribution in [-0.4, -0.2) is 18.5 Å². The van der Waals surface area contributed by atoms with Crippen LogP contribution in [-0.2, 0) is 11.3 Å². The summed E-state index contributed by atoms with van der Waals surface area (Å²) >= 11 is 5.96. The van der Waals surface area contributed by atoms with Gasteiger partial charge in [0.15, 0.2) is 0 Å². The zero-order chi connectivity index (χ0) is 12.4. The summed E-state index contributed by atoms with van der Waals surface area (Å²) in [6, 6.07) is 5.91. The molecule has 0 spiro atoms. The summed E-state index contributed by atoms with van der Waals surface area (Å²) in [6.45, 7) is 5.41. The summed E-state index contributed by atoms with van der Waals surface area (Å²) in [5.41, 5.74) is 2.21. The molecule has 0 saturated heterocycles. The summed E-state index contributed by atoms with van der Waals surface area (Å²) < 4.78 is 0. The fourth-order valence-corrected chi connectivity index (χ4v) is 2.34. The molecular weight excluding hydrogens is 236 g/mol. The smallest absolute Gasteiger partial charge is 0.229 e. The van der Waals surface area contributed by atoms with E-state index >= 15 is 0 Å². The van der Waals surface area contributed by atoms with Crippen molar-refractivity contribution in [2.24, 2.45) is 0 Å². The van der Waals surface area contributed by atoms with Crippen molar-refractivity contribution < 1.29 is 4.79 Å². The number of rotatable bonds is 2. The molecule has 1 unspecified atom stereocenters. The minimum atomic E-state index is -0.113. The number of fused-ring (bicyclic) bond motifs is 1. The zero-order valence-corrected chi connectivity index (χ0v) is 10.8. The number of carbonyl (C=O) groups is 1. The van der Waals surface area contributed by atoms with Crippen molar-refractivity contribution in [2.75, 3.05) is 6.54 Å². The lowest BCUT2D eigenvalue weighted by Crippen LogP contribution is -2.41. The Balaban J connectivity index is 2.25. The number of amides is 1. The topological polar surface area (TPSA) is 41.1 Å². The Kier molecular flexibility index (Phi) is 3.69. The van der Waals surface area contributed by atoms with Gasteiger partial charge in [-0.2, -0.15) is 0 Å². The average Bonchev–Trinajstić information content (AvgIpc) is 2.26. The van der Waals surface area contributed by atoms with E-state index in [0.717, 1.165) is 22.7 Å². The number of hydrogen-bond acceptors (Lipinski definition) is 2. The maximum absolute atomic E-state index is 12.1. The van der Waals surface area contributed by atoms with Gasteiger partial charge in [0.2, 0.25) is 5.91 Å². The second kappa shape index (κ2) is 5.07. The SMILES string of the molecule is CC(C)NC(=O)C1CNCc2cc(Cl)ccc21. The average molecular weight is 253 g/mol. The van der Waals surface area contributed by atoms with E-state index in [-0.39, 0.29) is 17.9 Å². The molecule has 1 heterocycles. The van der Waals surface area contributed by atoms with Gasteiger partial charge in [0.05, 0.1) is 5.92 Å². The van der Waals surface area contributed by atoms with Crippen LogP contribution in [0.4, 0.5) is 0 Å². The van der Waals surface area contributed by atoms with Gasteiger partial charge in [0, 0.05) is 24.2 Å². The number of carbonyl (C=O) groups excluding carboxylic acids is 1. The fraction of sp³-hybridized carbons (Fsp3) is 0.462. The highest BCUT2D eigenvalue weighted by molar-refractivity contribution is 6.30. The normalized spacial score (nSPS) is 18.9. The van der Waals surface area contributed by atoms with Gasteiger partial charge in [0.1, 0.15) is 0 Å². The van der Waals surface area contributed by atoms with Gasteiger partial charge in [-0.1, -0.05) is 17.7 Å². The number of nitrogens with one attached hydrogen (secondary N) is 2. The standard InChI is InChI=1S/C13H17ClN2O/c1-8(2)16-13(17)12-7-15-6-9-5-10(14)3-4-11(9)12/h3-5,8,12,15H,6-7H2,1-2H3,(H,16,17). The molecule has 3 nitrogen and oxygen atoms in total. The molecule has 2 N–H and O–H groups in total. The minimum Gasteiger partial charge on any atom is -0.353 e. The third-order valence-electron chi connectivity index (χ3n) is 2.89. The van der Waals surface area contributed by atoms with E-state index in [0.29, 0.717) is 6.54 Å². The Morgan fingerprint density at radius 2 is 2.29 bits per heavy atom. The molecule has 1 atom stereocenters. The molecule has 17 heavy (non-hydrogen) atoms. The van der Waals surface area contributed by atoms with Crippen molar-refractivity contribution in [3.8, 4) is 0 Å². The Hall–Kier alpha value is -1.06. The summed E-state index contributed by atoms with van der Waals surface area (Å²) in [4.78, 5) is 12.1. The third kappa shape index (κ3) is 2.79. The first kappa shape index (κ1) is 12.4. The molecule has 1 amide bonds. The van der Waals surface area contributed by atoms with Gasteiger partial charge in [-0.05, 0) is 37.1 Å². The first-order valence-electron chi connectivity index (χ1n) is 5.87. The van der Waals surface area contributed by atoms with Crippen molar-refractivity contribution in [1.29, 1.82) is 0 Å². The molecule has 1 aliphatic rings. The molecule has 0 radical (unpaired) electrons. The van der Waals surface area contributed by atoms with Crippen LogP contribution >= 0.6 is 11.6 Å². The lowest BCUT2D eigenvalue weighted by Gasteiger charge is -2.26. The van der Waals surface area contributed by atoms with Crippen molar-refractivity contribution in [3.63, 3.8) is 0 Å². The maximum atomic E-state index is 12.1. The van der Waals surface area contributed by atoms with Gasteiger partial charge in [-0.3, -0.25) is 4.79 Å². The van der Waals surface area contributed by atoms with Crippen LogP contribution in [0.25, 0.3) is 0 Å². The molecule has 2 rings (SSSR count). The molecule has 0 saturated carbocycles. The van der Waals surface area contributed by atoms with E-state index in [1.165, 1.54) is 0 Å². The van der Waals surface area contributed by atoms with Crippen molar-refractivity contribution in [3.05, 3.63) is 34.3 Å². The van der Waals surface area contributed by atoms with Crippen LogP contribution in [0.5, 0.6) is 0 Å². The predicted octanol–water partition coefficient (Wildman–Crippen LogP) is 2.05. The number of halogens is 1. The van der Waals surface area contributed by atoms with Crippen LogP contribution in [0.1, 0.15) is 30.9 Å². The van der Waals surface area contributed by atoms with Gasteiger partial charge in [-0.25, -0.2) is 0 Å². The third-order valence-corrected chi connectivity index (χ3v) is 3.13. The van der Waals surface area contributed by atoms with E-state index in [1.54, 1.807) is 0 Å². The van der Waals surface area contributed by atoms with Crippen molar-refractivity contribution >= 4 is 17.5 Å². The summed E-state index contributed by atoms with van der Waals surface area (Å²) in [7, 11) is 0. The second-order valence-electron chi connectivity index (χ2n) is 4.69. The summed E-state index contributed by atoms with van der Waals surface area (Å²) in [5.74, 6) is -0.0332. The minimum absolute atomic E-state index is 0.0794. The van der Waals surface area contributed by atoms with Crippen LogP contribution in [0.15, 0.2) is 18.2 Å². The molecule has 1 aromatic carbocycles. The second-order valence-corrected chi connectivity index (χ2v) is 5.13. The molecule has 1 aromatic rings. The summed E-state index contributed by atoms with van der Waals surface area (Å²) in [6.07, 6.45) is 0. The van der Waals surface area contributed by atoms with Crippen LogP contribution in [0, 0.1) is 0 Å². The Labute approximate surface area is 107 Å². The molecule has 92 valence electrons. The van der Waals surface area contributed by atoms with Crippen LogP contribution in [0.3, 0.4) is 0 Å². The fourth-order valence-electron chi connectivity index (χ4n) is 2.15. The Bertz CT molecular complexity index is 431. The molecule has 1 aliphatic heterocycles. The van der Waals surface area contributed by atoms with Crippen molar-refractivity contribution in [1.82, 2.24) is 10.6 Å².